The van der Waals surface area contributed by atoms with Gasteiger partial charge in [-0.3, -0.25) is 10.0 Å². The number of hydrogen-bond acceptors (Lipinski definition) is 10. The quantitative estimate of drug-likeness (QED) is 0.0979. The van der Waals surface area contributed by atoms with Crippen LogP contribution in [-0.2, 0) is 15.4 Å². The van der Waals surface area contributed by atoms with E-state index in [4.69, 9.17) is 11.5 Å². The van der Waals surface area contributed by atoms with Crippen molar-refractivity contribution in [3.8, 4) is 27.9 Å². The first-order valence-electron chi connectivity index (χ1n) is 20.0. The maximum Gasteiger partial charge on any atom is 0.324 e. The number of nitrogens with one attached hydrogen (secondary N) is 3. The number of carbonyl (C=O) groups excluding carboxylic acids is 1. The highest BCUT2D eigenvalue weighted by Crippen LogP contribution is 2.30. The van der Waals surface area contributed by atoms with Crippen LogP contribution in [0.15, 0.2) is 139 Å². The first-order valence-corrected chi connectivity index (χ1v) is 21.4. The lowest BCUT2D eigenvalue weighted by atomic mass is 9.92. The fourth-order valence-electron chi connectivity index (χ4n) is 6.80. The third-order valence-electron chi connectivity index (χ3n) is 10.4. The van der Waals surface area contributed by atoms with Gasteiger partial charge in [-0.1, -0.05) is 57.2 Å². The predicted molar refractivity (Wildman–Crippen MR) is 247 cm³/mol. The molecule has 0 radical (unpaired) electrons. The number of rotatable bonds is 8. The number of aryl methyl sites for hydroxylation is 1. The number of amides is 2. The molecule has 0 unspecified atom stereocenters. The van der Waals surface area contributed by atoms with Gasteiger partial charge in [0.1, 0.15) is 23.3 Å². The fraction of sp³-hybridized carbons (Fsp3) is 0.130. The Morgan fingerprint density at radius 3 is 1.80 bits per heavy atom. The van der Waals surface area contributed by atoms with Gasteiger partial charge in [0.15, 0.2) is 11.3 Å². The highest BCUT2D eigenvalue weighted by atomic mass is 32.2. The van der Waals surface area contributed by atoms with Crippen molar-refractivity contribution in [2.45, 2.75) is 44.9 Å². The molecule has 0 saturated carbocycles. The number of nitrogen functional groups attached to an aromatic ring is 2. The number of nitrogens with zero attached hydrogens (tertiary/aromatic N) is 8. The van der Waals surface area contributed by atoms with E-state index in [1.165, 1.54) is 12.1 Å². The first-order chi connectivity index (χ1) is 30.6. The van der Waals surface area contributed by atoms with Crippen LogP contribution in [-0.4, -0.2) is 53.4 Å². The number of sulfonamides is 1. The van der Waals surface area contributed by atoms with Crippen molar-refractivity contribution in [1.82, 2.24) is 39.0 Å². The maximum atomic E-state index is 13.4. The van der Waals surface area contributed by atoms with E-state index in [2.05, 4.69) is 40.6 Å². The minimum absolute atomic E-state index is 0.246. The van der Waals surface area contributed by atoms with E-state index in [1.54, 1.807) is 118 Å². The zero-order valence-corrected chi connectivity index (χ0v) is 36.3. The molecule has 0 aliphatic heterocycles. The van der Waals surface area contributed by atoms with Gasteiger partial charge in [-0.15, -0.1) is 0 Å². The van der Waals surface area contributed by atoms with E-state index in [9.17, 15) is 17.6 Å². The molecule has 0 fully saturated rings. The van der Waals surface area contributed by atoms with Crippen LogP contribution in [0, 0.1) is 19.7 Å². The summed E-state index contributed by atoms with van der Waals surface area (Å²) in [7, 11) is -3.67. The van der Waals surface area contributed by atoms with Gasteiger partial charge in [0.2, 0.25) is 0 Å². The molecule has 64 heavy (non-hydrogen) atoms. The Hall–Kier alpha value is -8.12. The monoisotopic (exact) mass is 877 g/mol. The van der Waals surface area contributed by atoms with Crippen molar-refractivity contribution >= 4 is 56.2 Å². The SMILES string of the molecule is CC(C)(C)c1cc(NC(=O)Nc2ccc(-c3cnc4ccnn4c3N)cc2)n(-c2ccc(F)cc2)n1.Cc1cccc(S(=O)(=O)Nc2ccc(-c3cnc4ccnn4c3N)cc2)c1C. The number of nitrogens with two attached hydrogens (primary N) is 2. The van der Waals surface area contributed by atoms with Crippen molar-refractivity contribution in [3.63, 3.8) is 0 Å². The Labute approximate surface area is 367 Å². The molecule has 9 rings (SSSR count). The Balaban J connectivity index is 0.000000181. The topological polar surface area (TPSA) is 218 Å². The summed E-state index contributed by atoms with van der Waals surface area (Å²) in [6.45, 7) is 9.78. The number of aromatic nitrogens is 8. The van der Waals surface area contributed by atoms with Crippen LogP contribution < -0.4 is 26.8 Å². The predicted octanol–water partition coefficient (Wildman–Crippen LogP) is 8.64. The fourth-order valence-corrected chi connectivity index (χ4v) is 8.18. The van der Waals surface area contributed by atoms with Crippen LogP contribution >= 0.6 is 0 Å². The van der Waals surface area contributed by atoms with Crippen molar-refractivity contribution in [2.75, 3.05) is 26.8 Å². The summed E-state index contributed by atoms with van der Waals surface area (Å²) in [6, 6.07) is 30.3. The minimum atomic E-state index is -3.67. The molecule has 0 spiro atoms. The Kier molecular flexibility index (Phi) is 11.3. The standard InChI is InChI=1S/C26H25FN8O.C20H19N5O2S/c1-26(2,3)21-14-23(34(33-21)19-10-6-17(27)7-11-19)32-25(36)31-18-8-4-16(5-9-18)20-15-29-22-12-13-30-35(22)24(20)28;1-13-4-3-5-18(14(13)2)28(26,27)24-16-8-6-15(7-9-16)17-12-22-19-10-11-23-25(19)20(17)21/h4-15H,28H2,1-3H3,(H2,31,32,36);3-12,24H,21H2,1-2H3. The van der Waals surface area contributed by atoms with Gasteiger partial charge in [0, 0.05) is 58.5 Å². The summed E-state index contributed by atoms with van der Waals surface area (Å²) in [6.07, 6.45) is 6.65. The van der Waals surface area contributed by atoms with Crippen molar-refractivity contribution in [1.29, 1.82) is 0 Å². The molecule has 0 aliphatic rings. The average molecular weight is 878 g/mol. The average Bonchev–Trinajstić information content (AvgIpc) is 4.05. The Morgan fingerprint density at radius 1 is 0.703 bits per heavy atom. The van der Waals surface area contributed by atoms with E-state index >= 15 is 0 Å². The first kappa shape index (κ1) is 42.6. The van der Waals surface area contributed by atoms with Gasteiger partial charge in [-0.05, 0) is 90.7 Å². The zero-order valence-electron chi connectivity index (χ0n) is 35.4. The van der Waals surface area contributed by atoms with Crippen LogP contribution in [0.25, 0.3) is 39.2 Å². The highest BCUT2D eigenvalue weighted by molar-refractivity contribution is 7.92. The highest BCUT2D eigenvalue weighted by Gasteiger charge is 2.22. The van der Waals surface area contributed by atoms with Crippen LogP contribution in [0.5, 0.6) is 0 Å². The molecule has 9 aromatic rings. The summed E-state index contributed by atoms with van der Waals surface area (Å²) in [5, 5.41) is 18.7. The molecule has 2 amide bonds. The lowest BCUT2D eigenvalue weighted by Crippen LogP contribution is -2.21. The zero-order chi connectivity index (χ0) is 45.3. The summed E-state index contributed by atoms with van der Waals surface area (Å²) >= 11 is 0. The lowest BCUT2D eigenvalue weighted by molar-refractivity contribution is 0.262. The van der Waals surface area contributed by atoms with E-state index in [0.717, 1.165) is 39.1 Å². The van der Waals surface area contributed by atoms with E-state index in [-0.39, 0.29) is 16.1 Å². The molecule has 0 bridgehead atoms. The molecule has 5 heterocycles. The molecular weight excluding hydrogens is 834 g/mol. The summed E-state index contributed by atoms with van der Waals surface area (Å²) < 4.78 is 46.3. The Morgan fingerprint density at radius 2 is 1.25 bits per heavy atom. The molecule has 0 saturated heterocycles. The summed E-state index contributed by atoms with van der Waals surface area (Å²) in [5.41, 5.74) is 20.8. The largest absolute Gasteiger partial charge is 0.383 e. The van der Waals surface area contributed by atoms with Crippen molar-refractivity contribution in [2.24, 2.45) is 0 Å². The number of benzene rings is 4. The van der Waals surface area contributed by atoms with E-state index in [0.29, 0.717) is 45.8 Å². The van der Waals surface area contributed by atoms with Gasteiger partial charge in [-0.25, -0.2) is 32.3 Å². The van der Waals surface area contributed by atoms with Crippen LogP contribution in [0.3, 0.4) is 0 Å². The number of urea groups is 1. The van der Waals surface area contributed by atoms with E-state index < -0.39 is 16.1 Å². The molecule has 7 N–H and O–H groups in total. The maximum absolute atomic E-state index is 13.4. The summed E-state index contributed by atoms with van der Waals surface area (Å²) in [4.78, 5) is 21.8. The lowest BCUT2D eigenvalue weighted by Gasteiger charge is -2.14. The third-order valence-corrected chi connectivity index (χ3v) is 12.0. The number of hydrogen-bond donors (Lipinski definition) is 5. The normalized spacial score (nSPS) is 11.6. The van der Waals surface area contributed by atoms with Gasteiger partial charge in [0.05, 0.1) is 28.7 Å². The minimum Gasteiger partial charge on any atom is -0.383 e. The van der Waals surface area contributed by atoms with Crippen LogP contribution in [0.1, 0.15) is 37.6 Å². The smallest absolute Gasteiger partial charge is 0.324 e. The second kappa shape index (κ2) is 17.0. The number of halogens is 1. The van der Waals surface area contributed by atoms with Crippen molar-refractivity contribution in [3.05, 3.63) is 157 Å². The van der Waals surface area contributed by atoms with E-state index in [1.807, 2.05) is 52.0 Å². The van der Waals surface area contributed by atoms with Gasteiger partial charge in [-0.2, -0.15) is 24.3 Å². The summed E-state index contributed by atoms with van der Waals surface area (Å²) in [5.74, 6) is 1.07. The number of anilines is 5. The van der Waals surface area contributed by atoms with Crippen LogP contribution in [0.2, 0.25) is 0 Å². The molecule has 0 aliphatic carbocycles. The number of fused-ring (bicyclic) bond motifs is 2. The van der Waals surface area contributed by atoms with Gasteiger partial charge in [0.25, 0.3) is 10.0 Å². The molecule has 5 aromatic heterocycles. The van der Waals surface area contributed by atoms with Crippen LogP contribution in [0.4, 0.5) is 38.0 Å². The molecule has 0 atom stereocenters. The molecular formula is C46H44FN13O3S. The molecule has 18 heteroatoms. The molecule has 4 aromatic carbocycles. The Bertz CT molecular complexity index is 3270. The van der Waals surface area contributed by atoms with Gasteiger partial charge >= 0.3 is 6.03 Å². The molecule has 324 valence electrons. The molecule has 16 nitrogen and oxygen atoms in total. The third kappa shape index (κ3) is 8.80. The second-order valence-electron chi connectivity index (χ2n) is 15.9. The second-order valence-corrected chi connectivity index (χ2v) is 17.6. The number of carbonyl (C=O) groups is 1. The van der Waals surface area contributed by atoms with Gasteiger partial charge < -0.3 is 16.8 Å². The van der Waals surface area contributed by atoms with Crippen molar-refractivity contribution < 1.29 is 17.6 Å².